The van der Waals surface area contributed by atoms with Crippen LogP contribution in [0.1, 0.15) is 11.3 Å². The summed E-state index contributed by atoms with van der Waals surface area (Å²) in [5.41, 5.74) is 1.26. The third-order valence-corrected chi connectivity index (χ3v) is 2.30. The number of aryl methyl sites for hydroxylation is 2. The summed E-state index contributed by atoms with van der Waals surface area (Å²) < 4.78 is 7.26. The maximum absolute atomic E-state index is 8.92. The molecule has 1 fully saturated rings. The standard InChI is InChI=1S/C9H12N4O/c1-6-8(3-10)9(13(2)12-6)14-7-4-11-5-7/h7,11H,4-5H2,1-2H3. The molecule has 0 spiro atoms. The number of ether oxygens (including phenoxy) is 1. The van der Waals surface area contributed by atoms with Gasteiger partial charge < -0.3 is 10.1 Å². The number of nitrogens with one attached hydrogen (secondary N) is 1. The van der Waals surface area contributed by atoms with Crippen LogP contribution in [0.25, 0.3) is 0 Å². The zero-order chi connectivity index (χ0) is 10.1. The quantitative estimate of drug-likeness (QED) is 0.713. The fourth-order valence-electron chi connectivity index (χ4n) is 1.40. The number of nitriles is 1. The highest BCUT2D eigenvalue weighted by Gasteiger charge is 2.23. The van der Waals surface area contributed by atoms with Crippen LogP contribution < -0.4 is 10.1 Å². The molecule has 1 aromatic heterocycles. The first-order valence-electron chi connectivity index (χ1n) is 4.53. The summed E-state index contributed by atoms with van der Waals surface area (Å²) >= 11 is 0. The lowest BCUT2D eigenvalue weighted by Gasteiger charge is -2.27. The van der Waals surface area contributed by atoms with Crippen LogP contribution in [-0.2, 0) is 7.05 Å². The number of rotatable bonds is 2. The Bertz CT molecular complexity index is 386. The molecule has 1 saturated heterocycles. The lowest BCUT2D eigenvalue weighted by molar-refractivity contribution is 0.129. The van der Waals surface area contributed by atoms with Gasteiger partial charge in [-0.05, 0) is 6.92 Å². The molecule has 1 aliphatic heterocycles. The second-order valence-electron chi connectivity index (χ2n) is 3.40. The zero-order valence-electron chi connectivity index (χ0n) is 8.24. The minimum Gasteiger partial charge on any atom is -0.471 e. The van der Waals surface area contributed by atoms with Crippen LogP contribution in [0.15, 0.2) is 0 Å². The molecule has 0 saturated carbocycles. The molecule has 5 heteroatoms. The van der Waals surface area contributed by atoms with Crippen LogP contribution in [0.4, 0.5) is 0 Å². The molecule has 0 unspecified atom stereocenters. The smallest absolute Gasteiger partial charge is 0.230 e. The normalized spacial score (nSPS) is 16.1. The van der Waals surface area contributed by atoms with Crippen LogP contribution in [0.3, 0.4) is 0 Å². The summed E-state index contributed by atoms with van der Waals surface area (Å²) in [7, 11) is 1.79. The van der Waals surface area contributed by atoms with Gasteiger partial charge in [-0.15, -0.1) is 0 Å². The largest absolute Gasteiger partial charge is 0.471 e. The highest BCUT2D eigenvalue weighted by atomic mass is 16.5. The molecule has 1 N–H and O–H groups in total. The molecule has 1 aliphatic rings. The first-order chi connectivity index (χ1) is 6.72. The zero-order valence-corrected chi connectivity index (χ0v) is 8.24. The molecule has 0 bridgehead atoms. The molecule has 1 aromatic rings. The third kappa shape index (κ3) is 1.34. The van der Waals surface area contributed by atoms with Gasteiger partial charge in [0.1, 0.15) is 17.7 Å². The van der Waals surface area contributed by atoms with E-state index in [4.69, 9.17) is 10.00 Å². The van der Waals surface area contributed by atoms with E-state index in [0.717, 1.165) is 18.8 Å². The van der Waals surface area contributed by atoms with E-state index < -0.39 is 0 Å². The maximum atomic E-state index is 8.92. The van der Waals surface area contributed by atoms with E-state index in [0.29, 0.717) is 11.4 Å². The van der Waals surface area contributed by atoms with Crippen molar-refractivity contribution in [3.63, 3.8) is 0 Å². The molecule has 14 heavy (non-hydrogen) atoms. The summed E-state index contributed by atoms with van der Waals surface area (Å²) in [6.45, 7) is 3.49. The molecule has 0 amide bonds. The lowest BCUT2D eigenvalue weighted by Crippen LogP contribution is -2.50. The summed E-state index contributed by atoms with van der Waals surface area (Å²) in [6.07, 6.45) is 0.178. The van der Waals surface area contributed by atoms with Crippen LogP contribution in [0.5, 0.6) is 5.88 Å². The lowest BCUT2D eigenvalue weighted by atomic mass is 10.2. The van der Waals surface area contributed by atoms with Crippen molar-refractivity contribution < 1.29 is 4.74 Å². The average Bonchev–Trinajstić information content (AvgIpc) is 2.33. The number of aromatic nitrogens is 2. The number of hydrogen-bond donors (Lipinski definition) is 1. The van der Waals surface area contributed by atoms with Gasteiger partial charge in [0.15, 0.2) is 0 Å². The first kappa shape index (κ1) is 9.03. The molecule has 0 atom stereocenters. The van der Waals surface area contributed by atoms with Gasteiger partial charge in [-0.1, -0.05) is 0 Å². The van der Waals surface area contributed by atoms with Gasteiger partial charge in [0.25, 0.3) is 0 Å². The molecule has 2 rings (SSSR count). The van der Waals surface area contributed by atoms with Gasteiger partial charge in [-0.3, -0.25) is 0 Å². The second kappa shape index (κ2) is 3.31. The molecule has 0 aliphatic carbocycles. The van der Waals surface area contributed by atoms with E-state index in [1.165, 1.54) is 0 Å². The fraction of sp³-hybridized carbons (Fsp3) is 0.556. The van der Waals surface area contributed by atoms with Gasteiger partial charge >= 0.3 is 0 Å². The van der Waals surface area contributed by atoms with Crippen LogP contribution in [0.2, 0.25) is 0 Å². The number of hydrogen-bond acceptors (Lipinski definition) is 4. The van der Waals surface area contributed by atoms with Crippen molar-refractivity contribution in [1.82, 2.24) is 15.1 Å². The Morgan fingerprint density at radius 1 is 1.64 bits per heavy atom. The maximum Gasteiger partial charge on any atom is 0.230 e. The average molecular weight is 192 g/mol. The van der Waals surface area contributed by atoms with E-state index >= 15 is 0 Å². The first-order valence-corrected chi connectivity index (χ1v) is 4.53. The Kier molecular flexibility index (Phi) is 2.14. The molecule has 74 valence electrons. The third-order valence-electron chi connectivity index (χ3n) is 2.30. The predicted molar refractivity (Wildman–Crippen MR) is 49.9 cm³/mol. The van der Waals surface area contributed by atoms with Crippen molar-refractivity contribution in [2.24, 2.45) is 7.05 Å². The Labute approximate surface area is 82.3 Å². The Hall–Kier alpha value is -1.54. The minimum atomic E-state index is 0.178. The highest BCUT2D eigenvalue weighted by molar-refractivity contribution is 5.42. The summed E-state index contributed by atoms with van der Waals surface area (Å²) in [4.78, 5) is 0. The molecule has 0 radical (unpaired) electrons. The van der Waals surface area contributed by atoms with Gasteiger partial charge in [-0.25, -0.2) is 4.68 Å². The van der Waals surface area contributed by atoms with Crippen LogP contribution in [-0.4, -0.2) is 29.0 Å². The van der Waals surface area contributed by atoms with E-state index in [1.807, 2.05) is 6.92 Å². The van der Waals surface area contributed by atoms with Crippen LogP contribution in [0, 0.1) is 18.3 Å². The van der Waals surface area contributed by atoms with E-state index in [-0.39, 0.29) is 6.10 Å². The summed E-state index contributed by atoms with van der Waals surface area (Å²) in [5.74, 6) is 0.580. The summed E-state index contributed by atoms with van der Waals surface area (Å²) in [5, 5.41) is 16.2. The van der Waals surface area contributed by atoms with Crippen LogP contribution >= 0.6 is 0 Å². The molecule has 0 aromatic carbocycles. The van der Waals surface area contributed by atoms with E-state index in [9.17, 15) is 0 Å². The van der Waals surface area contributed by atoms with Crippen molar-refractivity contribution in [2.75, 3.05) is 13.1 Å². The summed E-state index contributed by atoms with van der Waals surface area (Å²) in [6, 6.07) is 2.11. The van der Waals surface area contributed by atoms with E-state index in [2.05, 4.69) is 16.5 Å². The molecule has 5 nitrogen and oxygen atoms in total. The predicted octanol–water partition coefficient (Wildman–Crippen LogP) is -0.0492. The SMILES string of the molecule is Cc1nn(C)c(OC2CNC2)c1C#N. The van der Waals surface area contributed by atoms with Crippen molar-refractivity contribution in [2.45, 2.75) is 13.0 Å². The second-order valence-corrected chi connectivity index (χ2v) is 3.40. The van der Waals surface area contributed by atoms with Gasteiger partial charge in [0.2, 0.25) is 5.88 Å². The topological polar surface area (TPSA) is 62.9 Å². The van der Waals surface area contributed by atoms with Crippen molar-refractivity contribution in [3.05, 3.63) is 11.3 Å². The van der Waals surface area contributed by atoms with Gasteiger partial charge in [0.05, 0.1) is 5.69 Å². The fourth-order valence-corrected chi connectivity index (χ4v) is 1.40. The van der Waals surface area contributed by atoms with Gasteiger partial charge in [0, 0.05) is 20.1 Å². The molecular weight excluding hydrogens is 180 g/mol. The van der Waals surface area contributed by atoms with Crippen molar-refractivity contribution in [1.29, 1.82) is 5.26 Å². The Morgan fingerprint density at radius 3 is 2.86 bits per heavy atom. The van der Waals surface area contributed by atoms with Crippen molar-refractivity contribution >= 4 is 0 Å². The Balaban J connectivity index is 2.26. The Morgan fingerprint density at radius 2 is 2.36 bits per heavy atom. The van der Waals surface area contributed by atoms with E-state index in [1.54, 1.807) is 11.7 Å². The number of nitrogens with zero attached hydrogens (tertiary/aromatic N) is 3. The van der Waals surface area contributed by atoms with Gasteiger partial charge in [-0.2, -0.15) is 10.4 Å². The molecule has 2 heterocycles. The highest BCUT2D eigenvalue weighted by Crippen LogP contribution is 2.21. The molecular formula is C9H12N4O. The minimum absolute atomic E-state index is 0.178. The monoisotopic (exact) mass is 192 g/mol. The van der Waals surface area contributed by atoms with Crippen molar-refractivity contribution in [3.8, 4) is 11.9 Å².